The molecule has 1 N–H and O–H groups in total. The van der Waals surface area contributed by atoms with Crippen LogP contribution in [0, 0.1) is 19.7 Å². The van der Waals surface area contributed by atoms with Crippen molar-refractivity contribution in [1.82, 2.24) is 4.57 Å². The Bertz CT molecular complexity index is 708. The molecule has 0 spiro atoms. The van der Waals surface area contributed by atoms with E-state index in [0.717, 1.165) is 5.56 Å². The minimum absolute atomic E-state index is 0.0415. The molecule has 0 amide bonds. The number of carboxylic acids is 1. The van der Waals surface area contributed by atoms with Crippen molar-refractivity contribution >= 4 is 11.8 Å². The Labute approximate surface area is 121 Å². The molecule has 0 fully saturated rings. The highest BCUT2D eigenvalue weighted by Gasteiger charge is 2.15. The lowest BCUT2D eigenvalue weighted by atomic mass is 10.1. The van der Waals surface area contributed by atoms with E-state index in [2.05, 4.69) is 0 Å². The molecule has 0 saturated carbocycles. The SMILES string of the molecule is CC(=O)c1cc(C(=O)O)n(Cc2cc(C)c(F)c(C)c2)c1. The molecular weight excluding hydrogens is 273 g/mol. The fourth-order valence-electron chi connectivity index (χ4n) is 2.34. The summed E-state index contributed by atoms with van der Waals surface area (Å²) in [4.78, 5) is 22.6. The fourth-order valence-corrected chi connectivity index (χ4v) is 2.34. The second kappa shape index (κ2) is 5.52. The van der Waals surface area contributed by atoms with Crippen LogP contribution in [0.2, 0.25) is 0 Å². The van der Waals surface area contributed by atoms with Crippen LogP contribution >= 0.6 is 0 Å². The molecule has 0 aliphatic heterocycles. The van der Waals surface area contributed by atoms with Gasteiger partial charge in [0.2, 0.25) is 0 Å². The van der Waals surface area contributed by atoms with Gasteiger partial charge in [-0.2, -0.15) is 0 Å². The van der Waals surface area contributed by atoms with Gasteiger partial charge in [0.05, 0.1) is 0 Å². The summed E-state index contributed by atoms with van der Waals surface area (Å²) in [5.41, 5.74) is 2.21. The molecule has 1 heterocycles. The van der Waals surface area contributed by atoms with Crippen molar-refractivity contribution in [3.05, 3.63) is 58.2 Å². The Morgan fingerprint density at radius 2 is 1.76 bits per heavy atom. The van der Waals surface area contributed by atoms with Crippen LogP contribution in [-0.4, -0.2) is 21.4 Å². The van der Waals surface area contributed by atoms with Gasteiger partial charge in [0.15, 0.2) is 5.78 Å². The maximum atomic E-state index is 13.6. The first-order valence-corrected chi connectivity index (χ1v) is 6.49. The van der Waals surface area contributed by atoms with E-state index in [-0.39, 0.29) is 23.8 Å². The van der Waals surface area contributed by atoms with E-state index in [1.165, 1.54) is 23.8 Å². The zero-order chi connectivity index (χ0) is 15.7. The lowest BCUT2D eigenvalue weighted by Gasteiger charge is -2.09. The number of rotatable bonds is 4. The largest absolute Gasteiger partial charge is 0.477 e. The molecule has 21 heavy (non-hydrogen) atoms. The van der Waals surface area contributed by atoms with Gasteiger partial charge in [-0.25, -0.2) is 9.18 Å². The predicted octanol–water partition coefficient (Wildman–Crippen LogP) is 3.19. The van der Waals surface area contributed by atoms with Gasteiger partial charge in [-0.3, -0.25) is 4.79 Å². The van der Waals surface area contributed by atoms with Crippen LogP contribution in [0.25, 0.3) is 0 Å². The van der Waals surface area contributed by atoms with E-state index in [1.807, 2.05) is 0 Å². The molecule has 2 rings (SSSR count). The molecule has 0 aliphatic carbocycles. The van der Waals surface area contributed by atoms with Crippen molar-refractivity contribution in [2.75, 3.05) is 0 Å². The number of Topliss-reactive ketones (excluding diaryl/α,β-unsaturated/α-hetero) is 1. The third-order valence-corrected chi connectivity index (χ3v) is 3.37. The van der Waals surface area contributed by atoms with Crippen molar-refractivity contribution in [3.63, 3.8) is 0 Å². The molecule has 1 aromatic heterocycles. The van der Waals surface area contributed by atoms with Gasteiger partial charge in [-0.05, 0) is 43.5 Å². The molecule has 2 aromatic rings. The summed E-state index contributed by atoms with van der Waals surface area (Å²) >= 11 is 0. The lowest BCUT2D eigenvalue weighted by Crippen LogP contribution is -2.09. The van der Waals surface area contributed by atoms with Crippen LogP contribution in [0.5, 0.6) is 0 Å². The van der Waals surface area contributed by atoms with Crippen LogP contribution in [0.1, 0.15) is 44.5 Å². The van der Waals surface area contributed by atoms with E-state index in [4.69, 9.17) is 0 Å². The average Bonchev–Trinajstić information content (AvgIpc) is 2.80. The van der Waals surface area contributed by atoms with Gasteiger partial charge < -0.3 is 9.67 Å². The molecule has 1 aromatic carbocycles. The van der Waals surface area contributed by atoms with Crippen molar-refractivity contribution in [2.45, 2.75) is 27.3 Å². The average molecular weight is 289 g/mol. The second-order valence-electron chi connectivity index (χ2n) is 5.15. The summed E-state index contributed by atoms with van der Waals surface area (Å²) in [7, 11) is 0. The summed E-state index contributed by atoms with van der Waals surface area (Å²) < 4.78 is 15.1. The third kappa shape index (κ3) is 3.02. The standard InChI is InChI=1S/C16H16FNO3/c1-9-4-12(5-10(2)15(9)17)7-18-8-13(11(3)19)6-14(18)16(20)21/h4-6,8H,7H2,1-3H3,(H,20,21). The highest BCUT2D eigenvalue weighted by Crippen LogP contribution is 2.18. The molecular formula is C16H16FNO3. The maximum absolute atomic E-state index is 13.6. The number of aromatic nitrogens is 1. The van der Waals surface area contributed by atoms with Gasteiger partial charge in [0.25, 0.3) is 0 Å². The van der Waals surface area contributed by atoms with Crippen molar-refractivity contribution in [3.8, 4) is 0 Å². The van der Waals surface area contributed by atoms with Gasteiger partial charge in [-0.1, -0.05) is 12.1 Å². The molecule has 0 saturated heterocycles. The van der Waals surface area contributed by atoms with Crippen molar-refractivity contribution in [2.24, 2.45) is 0 Å². The van der Waals surface area contributed by atoms with Crippen LogP contribution in [0.15, 0.2) is 24.4 Å². The van der Waals surface area contributed by atoms with E-state index in [0.29, 0.717) is 16.7 Å². The zero-order valence-electron chi connectivity index (χ0n) is 12.1. The number of aryl methyl sites for hydroxylation is 2. The third-order valence-electron chi connectivity index (χ3n) is 3.37. The molecule has 110 valence electrons. The quantitative estimate of drug-likeness (QED) is 0.879. The number of carboxylic acid groups (broad SMARTS) is 1. The molecule has 5 heteroatoms. The van der Waals surface area contributed by atoms with E-state index < -0.39 is 5.97 Å². The number of halogens is 1. The minimum Gasteiger partial charge on any atom is -0.477 e. The normalized spacial score (nSPS) is 10.7. The van der Waals surface area contributed by atoms with Crippen molar-refractivity contribution in [1.29, 1.82) is 0 Å². The fraction of sp³-hybridized carbons (Fsp3) is 0.250. The Morgan fingerprint density at radius 3 is 2.24 bits per heavy atom. The Morgan fingerprint density at radius 1 is 1.19 bits per heavy atom. The van der Waals surface area contributed by atoms with Gasteiger partial charge in [-0.15, -0.1) is 0 Å². The Hall–Kier alpha value is -2.43. The smallest absolute Gasteiger partial charge is 0.352 e. The first kappa shape index (κ1) is 15.0. The topological polar surface area (TPSA) is 59.3 Å². The number of ketones is 1. The Kier molecular flexibility index (Phi) is 3.93. The molecule has 0 bridgehead atoms. The first-order valence-electron chi connectivity index (χ1n) is 6.49. The summed E-state index contributed by atoms with van der Waals surface area (Å²) in [5, 5.41) is 9.20. The van der Waals surface area contributed by atoms with Crippen LogP contribution in [0.3, 0.4) is 0 Å². The van der Waals surface area contributed by atoms with E-state index in [1.54, 1.807) is 26.0 Å². The number of carbonyl (C=O) groups excluding carboxylic acids is 1. The number of hydrogen-bond acceptors (Lipinski definition) is 2. The maximum Gasteiger partial charge on any atom is 0.352 e. The van der Waals surface area contributed by atoms with Gasteiger partial charge in [0, 0.05) is 18.3 Å². The molecule has 0 unspecified atom stereocenters. The number of aromatic carboxylic acids is 1. The molecule has 0 radical (unpaired) electrons. The number of hydrogen-bond donors (Lipinski definition) is 1. The van der Waals surface area contributed by atoms with Crippen LogP contribution in [0.4, 0.5) is 4.39 Å². The summed E-state index contributed by atoms with van der Waals surface area (Å²) in [6.07, 6.45) is 1.51. The highest BCUT2D eigenvalue weighted by atomic mass is 19.1. The number of carbonyl (C=O) groups is 2. The van der Waals surface area contributed by atoms with E-state index >= 15 is 0 Å². The minimum atomic E-state index is -1.10. The zero-order valence-corrected chi connectivity index (χ0v) is 12.1. The lowest BCUT2D eigenvalue weighted by molar-refractivity contribution is 0.0685. The summed E-state index contributed by atoms with van der Waals surface area (Å²) in [6.45, 7) is 5.00. The summed E-state index contributed by atoms with van der Waals surface area (Å²) in [6, 6.07) is 4.72. The van der Waals surface area contributed by atoms with Crippen LogP contribution in [-0.2, 0) is 6.54 Å². The van der Waals surface area contributed by atoms with Crippen molar-refractivity contribution < 1.29 is 19.1 Å². The van der Waals surface area contributed by atoms with E-state index in [9.17, 15) is 19.1 Å². The molecule has 0 atom stereocenters. The molecule has 0 aliphatic rings. The predicted molar refractivity (Wildman–Crippen MR) is 76.4 cm³/mol. The molecule has 4 nitrogen and oxygen atoms in total. The van der Waals surface area contributed by atoms with Gasteiger partial charge >= 0.3 is 5.97 Å². The number of benzene rings is 1. The van der Waals surface area contributed by atoms with Crippen LogP contribution < -0.4 is 0 Å². The summed E-state index contributed by atoms with van der Waals surface area (Å²) in [5.74, 6) is -1.55. The second-order valence-corrected chi connectivity index (χ2v) is 5.15. The van der Waals surface area contributed by atoms with Gasteiger partial charge in [0.1, 0.15) is 11.5 Å². The Balaban J connectivity index is 2.43. The first-order chi connectivity index (χ1) is 9.79. The monoisotopic (exact) mass is 289 g/mol. The highest BCUT2D eigenvalue weighted by molar-refractivity contribution is 5.97. The number of nitrogens with zero attached hydrogens (tertiary/aromatic N) is 1.